The first-order valence-electron chi connectivity index (χ1n) is 5.09. The number of hydrogen-bond acceptors (Lipinski definition) is 3. The van der Waals surface area contributed by atoms with Crippen LogP contribution in [-0.4, -0.2) is 11.0 Å². The minimum Gasteiger partial charge on any atom is -0.374 e. The molecule has 0 saturated carbocycles. The van der Waals surface area contributed by atoms with Gasteiger partial charge in [0.15, 0.2) is 0 Å². The van der Waals surface area contributed by atoms with Gasteiger partial charge in [-0.25, -0.2) is 0 Å². The van der Waals surface area contributed by atoms with Gasteiger partial charge < -0.3 is 4.74 Å². The second-order valence-electron chi connectivity index (χ2n) is 3.56. The standard InChI is InChI=1S/C11H14ClNO3/c1-3-8(2)16-7-9-6-10(12)4-5-11(9)13(14)15/h4-6,8H,3,7H2,1-2H3. The maximum Gasteiger partial charge on any atom is 0.275 e. The summed E-state index contributed by atoms with van der Waals surface area (Å²) in [6.07, 6.45) is 0.951. The Balaban J connectivity index is 2.84. The highest BCUT2D eigenvalue weighted by molar-refractivity contribution is 6.30. The predicted molar refractivity (Wildman–Crippen MR) is 62.6 cm³/mol. The van der Waals surface area contributed by atoms with Crippen LogP contribution >= 0.6 is 11.6 Å². The third-order valence-corrected chi connectivity index (χ3v) is 2.57. The van der Waals surface area contributed by atoms with Crippen LogP contribution in [0.15, 0.2) is 18.2 Å². The molecule has 1 rings (SSSR count). The van der Waals surface area contributed by atoms with Crippen molar-refractivity contribution < 1.29 is 9.66 Å². The van der Waals surface area contributed by atoms with Crippen molar-refractivity contribution in [2.75, 3.05) is 0 Å². The van der Waals surface area contributed by atoms with E-state index in [0.717, 1.165) is 6.42 Å². The van der Waals surface area contributed by atoms with E-state index >= 15 is 0 Å². The predicted octanol–water partition coefficient (Wildman–Crippen LogP) is 3.56. The fourth-order valence-corrected chi connectivity index (χ4v) is 1.39. The van der Waals surface area contributed by atoms with Crippen LogP contribution in [0.1, 0.15) is 25.8 Å². The minimum atomic E-state index is -0.425. The first-order chi connectivity index (χ1) is 7.54. The van der Waals surface area contributed by atoms with Crippen molar-refractivity contribution in [3.63, 3.8) is 0 Å². The highest BCUT2D eigenvalue weighted by Crippen LogP contribution is 2.23. The van der Waals surface area contributed by atoms with Crippen molar-refractivity contribution in [3.05, 3.63) is 38.9 Å². The van der Waals surface area contributed by atoms with Crippen LogP contribution in [0.25, 0.3) is 0 Å². The van der Waals surface area contributed by atoms with Gasteiger partial charge >= 0.3 is 0 Å². The Morgan fingerprint density at radius 3 is 2.81 bits per heavy atom. The van der Waals surface area contributed by atoms with Crippen LogP contribution in [-0.2, 0) is 11.3 Å². The lowest BCUT2D eigenvalue weighted by atomic mass is 10.2. The van der Waals surface area contributed by atoms with Crippen LogP contribution in [0.5, 0.6) is 0 Å². The zero-order valence-electron chi connectivity index (χ0n) is 9.27. The van der Waals surface area contributed by atoms with Crippen molar-refractivity contribution in [3.8, 4) is 0 Å². The van der Waals surface area contributed by atoms with Crippen LogP contribution < -0.4 is 0 Å². The van der Waals surface area contributed by atoms with Gasteiger partial charge in [-0.3, -0.25) is 10.1 Å². The molecular weight excluding hydrogens is 230 g/mol. The van der Waals surface area contributed by atoms with E-state index in [1.165, 1.54) is 12.1 Å². The molecule has 0 aliphatic carbocycles. The Hall–Kier alpha value is -1.13. The van der Waals surface area contributed by atoms with Gasteiger partial charge in [-0.1, -0.05) is 18.5 Å². The van der Waals surface area contributed by atoms with E-state index in [0.29, 0.717) is 10.6 Å². The molecule has 1 aromatic rings. The molecule has 0 aromatic heterocycles. The molecule has 0 N–H and O–H groups in total. The third-order valence-electron chi connectivity index (χ3n) is 2.34. The summed E-state index contributed by atoms with van der Waals surface area (Å²) in [5.74, 6) is 0. The van der Waals surface area contributed by atoms with Crippen molar-refractivity contribution in [2.45, 2.75) is 33.0 Å². The highest BCUT2D eigenvalue weighted by Gasteiger charge is 2.14. The largest absolute Gasteiger partial charge is 0.374 e. The number of rotatable bonds is 5. The molecule has 5 heteroatoms. The lowest BCUT2D eigenvalue weighted by molar-refractivity contribution is -0.386. The van der Waals surface area contributed by atoms with Crippen LogP contribution in [0.4, 0.5) is 5.69 Å². The molecule has 1 unspecified atom stereocenters. The summed E-state index contributed by atoms with van der Waals surface area (Å²) < 4.78 is 5.46. The molecule has 0 fully saturated rings. The summed E-state index contributed by atoms with van der Waals surface area (Å²) in [5.41, 5.74) is 0.561. The molecule has 0 spiro atoms. The number of hydrogen-bond donors (Lipinski definition) is 0. The molecule has 1 aromatic carbocycles. The van der Waals surface area contributed by atoms with Gasteiger partial charge in [0.1, 0.15) is 0 Å². The van der Waals surface area contributed by atoms with Gasteiger partial charge in [-0.2, -0.15) is 0 Å². The van der Waals surface area contributed by atoms with Crippen LogP contribution in [0, 0.1) is 10.1 Å². The van der Waals surface area contributed by atoms with E-state index in [1.54, 1.807) is 6.07 Å². The molecule has 4 nitrogen and oxygen atoms in total. The third kappa shape index (κ3) is 3.47. The molecule has 0 saturated heterocycles. The normalized spacial score (nSPS) is 12.4. The van der Waals surface area contributed by atoms with Gasteiger partial charge in [-0.05, 0) is 25.5 Å². The van der Waals surface area contributed by atoms with Gasteiger partial charge in [0.25, 0.3) is 5.69 Å². The molecule has 0 radical (unpaired) electrons. The fourth-order valence-electron chi connectivity index (χ4n) is 1.20. The number of halogens is 1. The Morgan fingerprint density at radius 2 is 2.25 bits per heavy atom. The maximum absolute atomic E-state index is 10.8. The second-order valence-corrected chi connectivity index (χ2v) is 4.00. The number of nitro groups is 1. The zero-order valence-corrected chi connectivity index (χ0v) is 10.0. The summed E-state index contributed by atoms with van der Waals surface area (Å²) in [5, 5.41) is 11.2. The number of benzene rings is 1. The average Bonchev–Trinajstić information content (AvgIpc) is 2.25. The fraction of sp³-hybridized carbons (Fsp3) is 0.455. The second kappa shape index (κ2) is 5.82. The van der Waals surface area contributed by atoms with Crippen molar-refractivity contribution >= 4 is 17.3 Å². The van der Waals surface area contributed by atoms with E-state index in [9.17, 15) is 10.1 Å². The van der Waals surface area contributed by atoms with Crippen LogP contribution in [0.2, 0.25) is 5.02 Å². The van der Waals surface area contributed by atoms with E-state index < -0.39 is 4.92 Å². The lowest BCUT2D eigenvalue weighted by Crippen LogP contribution is -2.07. The summed E-state index contributed by atoms with van der Waals surface area (Å²) in [6.45, 7) is 4.14. The molecule has 0 aliphatic rings. The molecule has 0 aliphatic heterocycles. The van der Waals surface area contributed by atoms with E-state index in [1.807, 2.05) is 13.8 Å². The SMILES string of the molecule is CCC(C)OCc1cc(Cl)ccc1[N+](=O)[O-]. The molecule has 88 valence electrons. The molecule has 1 atom stereocenters. The zero-order chi connectivity index (χ0) is 12.1. The quantitative estimate of drug-likeness (QED) is 0.587. The molecule has 0 heterocycles. The summed E-state index contributed by atoms with van der Waals surface area (Å²) in [4.78, 5) is 10.3. The van der Waals surface area contributed by atoms with Gasteiger partial charge in [-0.15, -0.1) is 0 Å². The Kier molecular flexibility index (Phi) is 4.71. The first-order valence-corrected chi connectivity index (χ1v) is 5.46. The van der Waals surface area contributed by atoms with E-state index in [2.05, 4.69) is 0 Å². The van der Waals surface area contributed by atoms with Crippen molar-refractivity contribution in [2.24, 2.45) is 0 Å². The minimum absolute atomic E-state index is 0.0488. The molecule has 0 amide bonds. The van der Waals surface area contributed by atoms with Gasteiger partial charge in [0.05, 0.1) is 23.2 Å². The number of nitro benzene ring substituents is 1. The topological polar surface area (TPSA) is 52.4 Å². The maximum atomic E-state index is 10.8. The first kappa shape index (κ1) is 12.9. The summed E-state index contributed by atoms with van der Waals surface area (Å²) in [6, 6.07) is 4.48. The average molecular weight is 244 g/mol. The number of nitrogens with zero attached hydrogens (tertiary/aromatic N) is 1. The van der Waals surface area contributed by atoms with E-state index in [4.69, 9.17) is 16.3 Å². The Bertz CT molecular complexity index is 381. The van der Waals surface area contributed by atoms with Crippen molar-refractivity contribution in [1.82, 2.24) is 0 Å². The molecular formula is C11H14ClNO3. The van der Waals surface area contributed by atoms with Crippen LogP contribution in [0.3, 0.4) is 0 Å². The Labute approximate surface area is 99.3 Å². The van der Waals surface area contributed by atoms with Gasteiger partial charge in [0.2, 0.25) is 0 Å². The van der Waals surface area contributed by atoms with Crippen molar-refractivity contribution in [1.29, 1.82) is 0 Å². The summed E-state index contributed by atoms with van der Waals surface area (Å²) in [7, 11) is 0. The van der Waals surface area contributed by atoms with E-state index in [-0.39, 0.29) is 18.4 Å². The highest BCUT2D eigenvalue weighted by atomic mass is 35.5. The molecule has 16 heavy (non-hydrogen) atoms. The lowest BCUT2D eigenvalue weighted by Gasteiger charge is -2.10. The Morgan fingerprint density at radius 1 is 1.56 bits per heavy atom. The smallest absolute Gasteiger partial charge is 0.275 e. The number of ether oxygens (including phenoxy) is 1. The summed E-state index contributed by atoms with van der Waals surface area (Å²) >= 11 is 5.79. The van der Waals surface area contributed by atoms with Gasteiger partial charge in [0, 0.05) is 11.1 Å². The monoisotopic (exact) mass is 243 g/mol. The molecule has 0 bridgehead atoms.